The highest BCUT2D eigenvalue weighted by molar-refractivity contribution is 9.10. The minimum absolute atomic E-state index is 0.0187. The van der Waals surface area contributed by atoms with E-state index in [1.807, 2.05) is 13.0 Å². The average Bonchev–Trinajstić information content (AvgIpc) is 3.05. The van der Waals surface area contributed by atoms with Crippen molar-refractivity contribution < 1.29 is 19.1 Å². The SMILES string of the molecule is Cc1cc(Br)ccc1NC(=O)COC(=O)[C@@H]1CC(=O)N(c2cc(Cl)ccc2Cl)C1. The van der Waals surface area contributed by atoms with Crippen LogP contribution in [-0.4, -0.2) is 30.9 Å². The van der Waals surface area contributed by atoms with E-state index in [4.69, 9.17) is 27.9 Å². The zero-order chi connectivity index (χ0) is 21.1. The molecule has 1 aliphatic rings. The third kappa shape index (κ3) is 5.29. The first-order chi connectivity index (χ1) is 13.7. The van der Waals surface area contributed by atoms with E-state index in [1.165, 1.54) is 4.90 Å². The van der Waals surface area contributed by atoms with E-state index in [2.05, 4.69) is 21.2 Å². The van der Waals surface area contributed by atoms with Crippen molar-refractivity contribution in [3.63, 3.8) is 0 Å². The van der Waals surface area contributed by atoms with Crippen molar-refractivity contribution in [1.82, 2.24) is 0 Å². The molecule has 29 heavy (non-hydrogen) atoms. The molecule has 152 valence electrons. The van der Waals surface area contributed by atoms with Crippen LogP contribution < -0.4 is 10.2 Å². The molecule has 6 nitrogen and oxygen atoms in total. The van der Waals surface area contributed by atoms with E-state index < -0.39 is 24.4 Å². The number of esters is 1. The third-order valence-electron chi connectivity index (χ3n) is 4.47. The van der Waals surface area contributed by atoms with Gasteiger partial charge in [0.05, 0.1) is 16.6 Å². The first-order valence-electron chi connectivity index (χ1n) is 8.72. The number of amides is 2. The minimum Gasteiger partial charge on any atom is -0.455 e. The topological polar surface area (TPSA) is 75.7 Å². The molecule has 1 saturated heterocycles. The van der Waals surface area contributed by atoms with E-state index in [-0.39, 0.29) is 18.9 Å². The molecule has 0 aromatic heterocycles. The molecule has 1 atom stereocenters. The van der Waals surface area contributed by atoms with Gasteiger partial charge in [-0.3, -0.25) is 14.4 Å². The van der Waals surface area contributed by atoms with Gasteiger partial charge in [0, 0.05) is 28.1 Å². The van der Waals surface area contributed by atoms with Gasteiger partial charge >= 0.3 is 5.97 Å². The average molecular weight is 500 g/mol. The predicted molar refractivity (Wildman–Crippen MR) is 115 cm³/mol. The number of halogens is 3. The van der Waals surface area contributed by atoms with E-state index in [9.17, 15) is 14.4 Å². The summed E-state index contributed by atoms with van der Waals surface area (Å²) in [6, 6.07) is 10.2. The fourth-order valence-corrected chi connectivity index (χ4v) is 3.86. The summed E-state index contributed by atoms with van der Waals surface area (Å²) in [7, 11) is 0. The number of hydrogen-bond acceptors (Lipinski definition) is 4. The quantitative estimate of drug-likeness (QED) is 0.610. The number of carbonyl (C=O) groups is 3. The maximum Gasteiger partial charge on any atom is 0.311 e. The molecule has 2 aromatic carbocycles. The van der Waals surface area contributed by atoms with Gasteiger partial charge in [0.2, 0.25) is 5.91 Å². The second kappa shape index (κ2) is 9.15. The third-order valence-corrected chi connectivity index (χ3v) is 5.51. The molecule has 0 spiro atoms. The summed E-state index contributed by atoms with van der Waals surface area (Å²) >= 11 is 15.5. The number of carbonyl (C=O) groups excluding carboxylic acids is 3. The van der Waals surface area contributed by atoms with Crippen LogP contribution in [0.25, 0.3) is 0 Å². The van der Waals surface area contributed by atoms with Crippen molar-refractivity contribution in [2.75, 3.05) is 23.4 Å². The van der Waals surface area contributed by atoms with Crippen LogP contribution in [0, 0.1) is 12.8 Å². The van der Waals surface area contributed by atoms with Gasteiger partial charge < -0.3 is 15.0 Å². The predicted octanol–water partition coefficient (Wildman–Crippen LogP) is 4.60. The minimum atomic E-state index is -0.681. The van der Waals surface area contributed by atoms with Crippen LogP contribution in [-0.2, 0) is 19.1 Å². The van der Waals surface area contributed by atoms with Crippen molar-refractivity contribution in [2.24, 2.45) is 5.92 Å². The first kappa shape index (κ1) is 21.6. The van der Waals surface area contributed by atoms with Gasteiger partial charge in [-0.1, -0.05) is 39.1 Å². The highest BCUT2D eigenvalue weighted by atomic mass is 79.9. The Kier molecular flexibility index (Phi) is 6.82. The maximum atomic E-state index is 12.3. The number of anilines is 2. The van der Waals surface area contributed by atoms with E-state index in [0.29, 0.717) is 21.4 Å². The van der Waals surface area contributed by atoms with Crippen LogP contribution in [0.2, 0.25) is 10.0 Å². The van der Waals surface area contributed by atoms with Crippen LogP contribution >= 0.6 is 39.1 Å². The lowest BCUT2D eigenvalue weighted by atomic mass is 10.1. The van der Waals surface area contributed by atoms with Crippen molar-refractivity contribution in [3.8, 4) is 0 Å². The lowest BCUT2D eigenvalue weighted by molar-refractivity contribution is -0.151. The van der Waals surface area contributed by atoms with Crippen LogP contribution in [0.5, 0.6) is 0 Å². The van der Waals surface area contributed by atoms with Crippen LogP contribution in [0.1, 0.15) is 12.0 Å². The Bertz CT molecular complexity index is 983. The summed E-state index contributed by atoms with van der Waals surface area (Å²) in [6.45, 7) is 1.54. The van der Waals surface area contributed by atoms with Crippen molar-refractivity contribution in [2.45, 2.75) is 13.3 Å². The molecule has 0 saturated carbocycles. The molecule has 2 aromatic rings. The number of nitrogens with one attached hydrogen (secondary N) is 1. The first-order valence-corrected chi connectivity index (χ1v) is 10.3. The molecule has 9 heteroatoms. The zero-order valence-electron chi connectivity index (χ0n) is 15.4. The van der Waals surface area contributed by atoms with Crippen LogP contribution in [0.4, 0.5) is 11.4 Å². The van der Waals surface area contributed by atoms with E-state index in [0.717, 1.165) is 10.0 Å². The second-order valence-corrected chi connectivity index (χ2v) is 8.38. The summed E-state index contributed by atoms with van der Waals surface area (Å²) < 4.78 is 6.01. The molecule has 0 radical (unpaired) electrons. The second-order valence-electron chi connectivity index (χ2n) is 6.62. The Morgan fingerprint density at radius 2 is 2.00 bits per heavy atom. The van der Waals surface area contributed by atoms with Crippen molar-refractivity contribution in [3.05, 3.63) is 56.5 Å². The maximum absolute atomic E-state index is 12.3. The molecule has 0 unspecified atom stereocenters. The summed E-state index contributed by atoms with van der Waals surface area (Å²) in [5.74, 6) is -2.00. The smallest absolute Gasteiger partial charge is 0.311 e. The molecule has 0 bridgehead atoms. The Labute approximate surface area is 186 Å². The largest absolute Gasteiger partial charge is 0.455 e. The lowest BCUT2D eigenvalue weighted by Gasteiger charge is -2.18. The van der Waals surface area contributed by atoms with Gasteiger partial charge in [-0.2, -0.15) is 0 Å². The monoisotopic (exact) mass is 498 g/mol. The highest BCUT2D eigenvalue weighted by Crippen LogP contribution is 2.33. The summed E-state index contributed by atoms with van der Waals surface area (Å²) in [4.78, 5) is 38.2. The zero-order valence-corrected chi connectivity index (χ0v) is 18.5. The number of hydrogen-bond donors (Lipinski definition) is 1. The number of aryl methyl sites for hydroxylation is 1. The van der Waals surface area contributed by atoms with Crippen molar-refractivity contribution >= 4 is 68.3 Å². The fourth-order valence-electron chi connectivity index (χ4n) is 3.00. The fraction of sp³-hybridized carbons (Fsp3) is 0.250. The molecule has 1 N–H and O–H groups in total. The molecular weight excluding hydrogens is 483 g/mol. The molecular formula is C20H17BrCl2N2O4. The highest BCUT2D eigenvalue weighted by Gasteiger charge is 2.37. The van der Waals surface area contributed by atoms with Crippen LogP contribution in [0.3, 0.4) is 0 Å². The van der Waals surface area contributed by atoms with Gasteiger partial charge in [-0.25, -0.2) is 0 Å². The Hall–Kier alpha value is -2.09. The number of benzene rings is 2. The Morgan fingerprint density at radius 3 is 2.72 bits per heavy atom. The standard InChI is InChI=1S/C20H17BrCl2N2O4/c1-11-6-13(21)2-5-16(11)24-18(26)10-29-20(28)12-7-19(27)25(9-12)17-8-14(22)3-4-15(17)23/h2-6,8,12H,7,9-10H2,1H3,(H,24,26)/t12-/m1/s1. The summed E-state index contributed by atoms with van der Waals surface area (Å²) in [5.41, 5.74) is 1.95. The number of nitrogens with zero attached hydrogens (tertiary/aromatic N) is 1. The molecule has 1 fully saturated rings. The van der Waals surface area contributed by atoms with Crippen LogP contribution in [0.15, 0.2) is 40.9 Å². The van der Waals surface area contributed by atoms with Gasteiger partial charge in [-0.15, -0.1) is 0 Å². The molecule has 2 amide bonds. The number of rotatable bonds is 5. The summed E-state index contributed by atoms with van der Waals surface area (Å²) in [5, 5.41) is 3.49. The van der Waals surface area contributed by atoms with Gasteiger partial charge in [0.1, 0.15) is 0 Å². The van der Waals surface area contributed by atoms with Gasteiger partial charge in [-0.05, 0) is 48.9 Å². The van der Waals surface area contributed by atoms with Gasteiger partial charge in [0.15, 0.2) is 6.61 Å². The lowest BCUT2D eigenvalue weighted by Crippen LogP contribution is -2.28. The Morgan fingerprint density at radius 1 is 1.24 bits per heavy atom. The Balaban J connectivity index is 1.56. The van der Waals surface area contributed by atoms with E-state index in [1.54, 1.807) is 30.3 Å². The van der Waals surface area contributed by atoms with Gasteiger partial charge in [0.25, 0.3) is 5.91 Å². The van der Waals surface area contributed by atoms with Crippen molar-refractivity contribution in [1.29, 1.82) is 0 Å². The number of ether oxygens (including phenoxy) is 1. The van der Waals surface area contributed by atoms with E-state index >= 15 is 0 Å². The molecule has 3 rings (SSSR count). The normalized spacial score (nSPS) is 16.1. The molecule has 1 heterocycles. The molecule has 0 aliphatic carbocycles. The summed E-state index contributed by atoms with van der Waals surface area (Å²) in [6.07, 6.45) is -0.0187. The molecule has 1 aliphatic heterocycles.